The van der Waals surface area contributed by atoms with E-state index in [4.69, 9.17) is 4.74 Å². The standard InChI is InChI=1S/C16H23N3O2/c1-15(2,3)21-14(20)19-9-8-16(11-19)10-17-12-6-4-5-7-13(12)18-16/h4-7,17-18H,8-11H2,1-3H3. The number of hydrogen-bond donors (Lipinski definition) is 2. The smallest absolute Gasteiger partial charge is 0.410 e. The maximum Gasteiger partial charge on any atom is 0.410 e. The average Bonchev–Trinajstić information content (AvgIpc) is 2.81. The van der Waals surface area contributed by atoms with Crippen molar-refractivity contribution in [2.45, 2.75) is 38.3 Å². The summed E-state index contributed by atoms with van der Waals surface area (Å²) in [6.45, 7) is 7.91. The van der Waals surface area contributed by atoms with Crippen LogP contribution >= 0.6 is 0 Å². The number of carbonyl (C=O) groups excluding carboxylic acids is 1. The van der Waals surface area contributed by atoms with E-state index in [0.29, 0.717) is 6.54 Å². The Morgan fingerprint density at radius 3 is 2.71 bits per heavy atom. The molecule has 3 rings (SSSR count). The zero-order valence-corrected chi connectivity index (χ0v) is 12.9. The summed E-state index contributed by atoms with van der Waals surface area (Å²) in [6.07, 6.45) is 0.702. The predicted octanol–water partition coefficient (Wildman–Crippen LogP) is 2.90. The van der Waals surface area contributed by atoms with Crippen LogP contribution in [-0.2, 0) is 4.74 Å². The molecule has 1 aromatic carbocycles. The summed E-state index contributed by atoms with van der Waals surface area (Å²) in [4.78, 5) is 14.0. The number of nitrogens with zero attached hydrogens (tertiary/aromatic N) is 1. The van der Waals surface area contributed by atoms with Crippen LogP contribution in [-0.4, -0.2) is 41.8 Å². The SMILES string of the molecule is CC(C)(C)OC(=O)N1CCC2(CNc3ccccc3N2)C1. The van der Waals surface area contributed by atoms with Crippen molar-refractivity contribution in [3.63, 3.8) is 0 Å². The van der Waals surface area contributed by atoms with Gasteiger partial charge in [-0.05, 0) is 39.3 Å². The molecule has 2 aliphatic heterocycles. The van der Waals surface area contributed by atoms with E-state index < -0.39 is 5.60 Å². The topological polar surface area (TPSA) is 53.6 Å². The van der Waals surface area contributed by atoms with Gasteiger partial charge >= 0.3 is 6.09 Å². The summed E-state index contributed by atoms with van der Waals surface area (Å²) >= 11 is 0. The van der Waals surface area contributed by atoms with E-state index >= 15 is 0 Å². The zero-order valence-electron chi connectivity index (χ0n) is 12.9. The molecule has 114 valence electrons. The fourth-order valence-corrected chi connectivity index (χ4v) is 2.94. The second-order valence-corrected chi connectivity index (χ2v) is 6.96. The molecule has 2 aliphatic rings. The van der Waals surface area contributed by atoms with E-state index in [1.165, 1.54) is 0 Å². The Balaban J connectivity index is 1.69. The number of nitrogens with one attached hydrogen (secondary N) is 2. The molecule has 1 unspecified atom stereocenters. The van der Waals surface area contributed by atoms with Crippen LogP contribution in [0.1, 0.15) is 27.2 Å². The molecule has 1 saturated heterocycles. The molecule has 5 heteroatoms. The fraction of sp³-hybridized carbons (Fsp3) is 0.562. The van der Waals surface area contributed by atoms with E-state index in [2.05, 4.69) is 22.8 Å². The Morgan fingerprint density at radius 2 is 2.00 bits per heavy atom. The summed E-state index contributed by atoms with van der Waals surface area (Å²) in [6, 6.07) is 8.18. The van der Waals surface area contributed by atoms with Gasteiger partial charge in [0.25, 0.3) is 0 Å². The Labute approximate surface area is 125 Å². The number of benzene rings is 1. The van der Waals surface area contributed by atoms with Crippen molar-refractivity contribution >= 4 is 17.5 Å². The number of ether oxygens (including phenoxy) is 1. The van der Waals surface area contributed by atoms with Gasteiger partial charge in [0.15, 0.2) is 0 Å². The first-order chi connectivity index (χ1) is 9.87. The molecule has 1 aromatic rings. The Bertz CT molecular complexity index is 553. The molecular weight excluding hydrogens is 266 g/mol. The van der Waals surface area contributed by atoms with E-state index in [-0.39, 0.29) is 11.6 Å². The zero-order chi connectivity index (χ0) is 15.1. The van der Waals surface area contributed by atoms with Gasteiger partial charge in [-0.25, -0.2) is 4.79 Å². The quantitative estimate of drug-likeness (QED) is 0.771. The number of para-hydroxylation sites is 2. The number of likely N-dealkylation sites (tertiary alicyclic amines) is 1. The monoisotopic (exact) mass is 289 g/mol. The summed E-state index contributed by atoms with van der Waals surface area (Å²) in [5.41, 5.74) is 1.69. The molecule has 0 aliphatic carbocycles. The van der Waals surface area contributed by atoms with Crippen LogP contribution < -0.4 is 10.6 Å². The fourth-order valence-electron chi connectivity index (χ4n) is 2.94. The summed E-state index contributed by atoms with van der Waals surface area (Å²) < 4.78 is 5.46. The van der Waals surface area contributed by atoms with Crippen molar-refractivity contribution in [3.05, 3.63) is 24.3 Å². The van der Waals surface area contributed by atoms with Crippen molar-refractivity contribution in [1.29, 1.82) is 0 Å². The van der Waals surface area contributed by atoms with Gasteiger partial charge in [-0.3, -0.25) is 0 Å². The first kappa shape index (κ1) is 14.0. The van der Waals surface area contributed by atoms with Gasteiger partial charge in [-0.1, -0.05) is 12.1 Å². The molecule has 0 saturated carbocycles. The average molecular weight is 289 g/mol. The van der Waals surface area contributed by atoms with Gasteiger partial charge in [-0.2, -0.15) is 0 Å². The lowest BCUT2D eigenvalue weighted by molar-refractivity contribution is 0.0287. The van der Waals surface area contributed by atoms with Gasteiger partial charge in [0.1, 0.15) is 5.60 Å². The Kier molecular flexibility index (Phi) is 3.23. The van der Waals surface area contributed by atoms with E-state index in [1.54, 1.807) is 4.90 Å². The minimum Gasteiger partial charge on any atom is -0.444 e. The molecule has 0 bridgehead atoms. The number of anilines is 2. The molecule has 2 N–H and O–H groups in total. The highest BCUT2D eigenvalue weighted by Crippen LogP contribution is 2.35. The number of hydrogen-bond acceptors (Lipinski definition) is 4. The molecule has 21 heavy (non-hydrogen) atoms. The Morgan fingerprint density at radius 1 is 1.29 bits per heavy atom. The summed E-state index contributed by atoms with van der Waals surface area (Å²) in [5, 5.41) is 7.07. The molecule has 5 nitrogen and oxygen atoms in total. The highest BCUT2D eigenvalue weighted by atomic mass is 16.6. The van der Waals surface area contributed by atoms with Crippen molar-refractivity contribution in [2.75, 3.05) is 30.3 Å². The maximum atomic E-state index is 12.2. The maximum absolute atomic E-state index is 12.2. The third kappa shape index (κ3) is 2.91. The minimum atomic E-state index is -0.447. The molecular formula is C16H23N3O2. The lowest BCUT2D eigenvalue weighted by Crippen LogP contribution is -2.50. The normalized spacial score (nSPS) is 24.2. The Hall–Kier alpha value is -1.91. The molecule has 1 atom stereocenters. The first-order valence-corrected chi connectivity index (χ1v) is 7.46. The highest BCUT2D eigenvalue weighted by Gasteiger charge is 2.43. The van der Waals surface area contributed by atoms with Crippen molar-refractivity contribution in [3.8, 4) is 0 Å². The van der Waals surface area contributed by atoms with Crippen molar-refractivity contribution in [1.82, 2.24) is 4.90 Å². The van der Waals surface area contributed by atoms with Crippen molar-refractivity contribution < 1.29 is 9.53 Å². The summed E-state index contributed by atoms with van der Waals surface area (Å²) in [5.74, 6) is 0. The van der Waals surface area contributed by atoms with E-state index in [0.717, 1.165) is 30.9 Å². The molecule has 1 spiro atoms. The van der Waals surface area contributed by atoms with Gasteiger partial charge in [-0.15, -0.1) is 0 Å². The van der Waals surface area contributed by atoms with E-state index in [1.807, 2.05) is 32.9 Å². The minimum absolute atomic E-state index is 0.0920. The van der Waals surface area contributed by atoms with Gasteiger partial charge in [0.2, 0.25) is 0 Å². The van der Waals surface area contributed by atoms with Crippen LogP contribution in [0, 0.1) is 0 Å². The van der Waals surface area contributed by atoms with Crippen LogP contribution in [0.15, 0.2) is 24.3 Å². The lowest BCUT2D eigenvalue weighted by Gasteiger charge is -2.37. The number of carbonyl (C=O) groups is 1. The highest BCUT2D eigenvalue weighted by molar-refractivity contribution is 5.74. The van der Waals surface area contributed by atoms with Crippen LogP contribution in [0.4, 0.5) is 16.2 Å². The van der Waals surface area contributed by atoms with Gasteiger partial charge < -0.3 is 20.3 Å². The third-order valence-electron chi connectivity index (χ3n) is 3.95. The number of rotatable bonds is 0. The largest absolute Gasteiger partial charge is 0.444 e. The third-order valence-corrected chi connectivity index (χ3v) is 3.95. The van der Waals surface area contributed by atoms with Crippen LogP contribution in [0.5, 0.6) is 0 Å². The predicted molar refractivity (Wildman–Crippen MR) is 83.7 cm³/mol. The van der Waals surface area contributed by atoms with Gasteiger partial charge in [0.05, 0.1) is 16.9 Å². The molecule has 1 fully saturated rings. The molecule has 0 radical (unpaired) electrons. The number of amides is 1. The molecule has 1 amide bonds. The molecule has 0 aromatic heterocycles. The van der Waals surface area contributed by atoms with Crippen molar-refractivity contribution in [2.24, 2.45) is 0 Å². The lowest BCUT2D eigenvalue weighted by atomic mass is 9.95. The van der Waals surface area contributed by atoms with E-state index in [9.17, 15) is 4.79 Å². The second kappa shape index (κ2) is 4.83. The van der Waals surface area contributed by atoms with Crippen LogP contribution in [0.2, 0.25) is 0 Å². The van der Waals surface area contributed by atoms with Crippen LogP contribution in [0.25, 0.3) is 0 Å². The second-order valence-electron chi connectivity index (χ2n) is 6.96. The van der Waals surface area contributed by atoms with Crippen LogP contribution in [0.3, 0.4) is 0 Å². The van der Waals surface area contributed by atoms with Gasteiger partial charge in [0, 0.05) is 19.6 Å². The molecule has 2 heterocycles. The summed E-state index contributed by atoms with van der Waals surface area (Å²) in [7, 11) is 0. The first-order valence-electron chi connectivity index (χ1n) is 7.46. The number of fused-ring (bicyclic) bond motifs is 1.